The number of allylic oxidation sites excluding steroid dienone is 1. The summed E-state index contributed by atoms with van der Waals surface area (Å²) in [5, 5.41) is 0. The number of hydrogen-bond donors (Lipinski definition) is 0. The van der Waals surface area contributed by atoms with Crippen LogP contribution >= 0.6 is 0 Å². The van der Waals surface area contributed by atoms with Crippen molar-refractivity contribution in [1.29, 1.82) is 0 Å². The van der Waals surface area contributed by atoms with Gasteiger partial charge in [-0.05, 0) is 31.2 Å². The summed E-state index contributed by atoms with van der Waals surface area (Å²) < 4.78 is 5.96. The van der Waals surface area contributed by atoms with E-state index in [4.69, 9.17) is 4.43 Å². The van der Waals surface area contributed by atoms with Gasteiger partial charge in [0, 0.05) is 6.42 Å². The van der Waals surface area contributed by atoms with E-state index in [0.717, 1.165) is 12.2 Å². The lowest BCUT2D eigenvalue weighted by molar-refractivity contribution is 0.416. The third-order valence-electron chi connectivity index (χ3n) is 2.29. The Labute approximate surface area is 101 Å². The molecule has 0 heterocycles. The van der Waals surface area contributed by atoms with Crippen molar-refractivity contribution in [2.45, 2.75) is 39.3 Å². The van der Waals surface area contributed by atoms with Crippen molar-refractivity contribution in [2.24, 2.45) is 0 Å². The first-order chi connectivity index (χ1) is 7.72. The molecule has 1 nitrogen and oxygen atoms in total. The molecule has 0 spiro atoms. The Bertz CT molecular complexity index is 317. The van der Waals surface area contributed by atoms with Gasteiger partial charge in [-0.1, -0.05) is 43.7 Å². The van der Waals surface area contributed by atoms with Crippen molar-refractivity contribution < 1.29 is 4.43 Å². The van der Waals surface area contributed by atoms with Crippen LogP contribution in [0, 0.1) is 0 Å². The second-order valence-electron chi connectivity index (χ2n) is 4.29. The van der Waals surface area contributed by atoms with E-state index >= 15 is 0 Å². The molecule has 1 rings (SSSR count). The second-order valence-corrected chi connectivity index (χ2v) is 6.62. The van der Waals surface area contributed by atoms with Crippen LogP contribution in [0.25, 0.3) is 6.08 Å². The Kier molecular flexibility index (Phi) is 5.94. The van der Waals surface area contributed by atoms with Gasteiger partial charge in [-0.3, -0.25) is 0 Å². The van der Waals surface area contributed by atoms with E-state index in [1.165, 1.54) is 18.4 Å². The van der Waals surface area contributed by atoms with Crippen LogP contribution in [0.4, 0.5) is 0 Å². The normalized spacial score (nSPS) is 11.9. The van der Waals surface area contributed by atoms with E-state index in [0.29, 0.717) is 0 Å². The average molecular weight is 234 g/mol. The first-order valence-corrected chi connectivity index (χ1v) is 8.92. The monoisotopic (exact) mass is 234 g/mol. The molecule has 0 fully saturated rings. The molecule has 0 saturated carbocycles. The van der Waals surface area contributed by atoms with Gasteiger partial charge in [0.2, 0.25) is 9.04 Å². The first kappa shape index (κ1) is 13.0. The Hall–Kier alpha value is -1.02. The van der Waals surface area contributed by atoms with Crippen molar-refractivity contribution in [3.8, 4) is 0 Å². The summed E-state index contributed by atoms with van der Waals surface area (Å²) in [7, 11) is -0.981. The van der Waals surface area contributed by atoms with E-state index in [1.807, 2.05) is 6.07 Å². The van der Waals surface area contributed by atoms with Crippen LogP contribution in [-0.2, 0) is 4.43 Å². The molecule has 0 aliphatic heterocycles. The molecule has 2 heteroatoms. The SMILES string of the molecule is CCCCC(=Cc1ccccc1)O[SiH](C)C. The van der Waals surface area contributed by atoms with Crippen LogP contribution in [0.15, 0.2) is 36.1 Å². The highest BCUT2D eigenvalue weighted by molar-refractivity contribution is 6.48. The maximum atomic E-state index is 5.96. The van der Waals surface area contributed by atoms with Gasteiger partial charge in [-0.25, -0.2) is 0 Å². The predicted octanol–water partition coefficient (Wildman–Crippen LogP) is 4.22. The maximum absolute atomic E-state index is 5.96. The highest BCUT2D eigenvalue weighted by atomic mass is 28.3. The highest BCUT2D eigenvalue weighted by Gasteiger charge is 2.02. The summed E-state index contributed by atoms with van der Waals surface area (Å²) in [4.78, 5) is 0. The minimum Gasteiger partial charge on any atom is -0.550 e. The van der Waals surface area contributed by atoms with E-state index in [2.05, 4.69) is 50.4 Å². The number of unbranched alkanes of at least 4 members (excludes halogenated alkanes) is 1. The predicted molar refractivity (Wildman–Crippen MR) is 73.9 cm³/mol. The van der Waals surface area contributed by atoms with Crippen molar-refractivity contribution in [1.82, 2.24) is 0 Å². The first-order valence-electron chi connectivity index (χ1n) is 6.14. The molecule has 88 valence electrons. The molecule has 1 aromatic rings. The van der Waals surface area contributed by atoms with Crippen molar-refractivity contribution in [3.05, 3.63) is 41.7 Å². The molecule has 0 radical (unpaired) electrons. The van der Waals surface area contributed by atoms with Crippen molar-refractivity contribution in [2.75, 3.05) is 0 Å². The Morgan fingerprint density at radius 2 is 1.94 bits per heavy atom. The van der Waals surface area contributed by atoms with Crippen LogP contribution in [0.3, 0.4) is 0 Å². The molecule has 0 aliphatic carbocycles. The second kappa shape index (κ2) is 7.28. The Morgan fingerprint density at radius 3 is 2.50 bits per heavy atom. The molecule has 0 aliphatic rings. The quantitative estimate of drug-likeness (QED) is 0.529. The highest BCUT2D eigenvalue weighted by Crippen LogP contribution is 2.15. The van der Waals surface area contributed by atoms with Gasteiger partial charge in [0.15, 0.2) is 0 Å². The fraction of sp³-hybridized carbons (Fsp3) is 0.429. The largest absolute Gasteiger partial charge is 0.550 e. The lowest BCUT2D eigenvalue weighted by atomic mass is 10.1. The molecule has 0 atom stereocenters. The topological polar surface area (TPSA) is 9.23 Å². The third-order valence-corrected chi connectivity index (χ3v) is 3.07. The van der Waals surface area contributed by atoms with Crippen LogP contribution < -0.4 is 0 Å². The van der Waals surface area contributed by atoms with Crippen molar-refractivity contribution >= 4 is 15.1 Å². The summed E-state index contributed by atoms with van der Waals surface area (Å²) in [5.74, 6) is 1.16. The smallest absolute Gasteiger partial charge is 0.229 e. The van der Waals surface area contributed by atoms with Gasteiger partial charge < -0.3 is 4.43 Å². The molecular formula is C14H22OSi. The summed E-state index contributed by atoms with van der Waals surface area (Å²) in [5.41, 5.74) is 1.24. The van der Waals surface area contributed by atoms with Crippen LogP contribution in [0.1, 0.15) is 31.7 Å². The molecule has 1 aromatic carbocycles. The zero-order valence-corrected chi connectivity index (χ0v) is 11.7. The molecular weight excluding hydrogens is 212 g/mol. The fourth-order valence-corrected chi connectivity index (χ4v) is 2.35. The van der Waals surface area contributed by atoms with E-state index in [9.17, 15) is 0 Å². The molecule has 0 N–H and O–H groups in total. The Balaban J connectivity index is 2.70. The molecule has 0 amide bonds. The number of benzene rings is 1. The summed E-state index contributed by atoms with van der Waals surface area (Å²) in [6.45, 7) is 6.64. The minimum absolute atomic E-state index is 0.981. The molecule has 0 aromatic heterocycles. The van der Waals surface area contributed by atoms with Gasteiger partial charge >= 0.3 is 0 Å². The zero-order chi connectivity index (χ0) is 11.8. The minimum atomic E-state index is -0.981. The summed E-state index contributed by atoms with van der Waals surface area (Å²) in [6.07, 6.45) is 5.67. The maximum Gasteiger partial charge on any atom is 0.229 e. The van der Waals surface area contributed by atoms with Gasteiger partial charge in [-0.15, -0.1) is 0 Å². The van der Waals surface area contributed by atoms with Crippen LogP contribution in [0.2, 0.25) is 13.1 Å². The lowest BCUT2D eigenvalue weighted by Crippen LogP contribution is -2.07. The fourth-order valence-electron chi connectivity index (χ4n) is 1.55. The number of hydrogen-bond acceptors (Lipinski definition) is 1. The molecule has 0 bridgehead atoms. The summed E-state index contributed by atoms with van der Waals surface area (Å²) in [6, 6.07) is 10.4. The third kappa shape index (κ3) is 5.17. The van der Waals surface area contributed by atoms with Crippen LogP contribution in [0.5, 0.6) is 0 Å². The van der Waals surface area contributed by atoms with Gasteiger partial charge in [-0.2, -0.15) is 0 Å². The van der Waals surface area contributed by atoms with Crippen molar-refractivity contribution in [3.63, 3.8) is 0 Å². The molecule has 16 heavy (non-hydrogen) atoms. The summed E-state index contributed by atoms with van der Waals surface area (Å²) >= 11 is 0. The molecule has 0 unspecified atom stereocenters. The molecule has 0 saturated heterocycles. The van der Waals surface area contributed by atoms with E-state index < -0.39 is 9.04 Å². The van der Waals surface area contributed by atoms with E-state index in [-0.39, 0.29) is 0 Å². The number of rotatable bonds is 6. The Morgan fingerprint density at radius 1 is 1.25 bits per heavy atom. The van der Waals surface area contributed by atoms with Gasteiger partial charge in [0.1, 0.15) is 0 Å². The standard InChI is InChI=1S/C14H22OSi/c1-4-5-11-14(15-16(2)3)12-13-9-7-6-8-10-13/h6-10,12,16H,4-5,11H2,1-3H3. The van der Waals surface area contributed by atoms with Gasteiger partial charge in [0.05, 0.1) is 5.76 Å². The van der Waals surface area contributed by atoms with Crippen LogP contribution in [-0.4, -0.2) is 9.04 Å². The zero-order valence-electron chi connectivity index (χ0n) is 10.6. The average Bonchev–Trinajstić information content (AvgIpc) is 2.26. The lowest BCUT2D eigenvalue weighted by Gasteiger charge is -2.13. The van der Waals surface area contributed by atoms with E-state index in [1.54, 1.807) is 0 Å². The van der Waals surface area contributed by atoms with Gasteiger partial charge in [0.25, 0.3) is 0 Å².